The van der Waals surface area contributed by atoms with Crippen molar-refractivity contribution < 1.29 is 9.53 Å². The minimum atomic E-state index is 0. The lowest BCUT2D eigenvalue weighted by Gasteiger charge is -2.34. The number of aliphatic imine (C=N–C) groups is 1. The molecule has 28 heavy (non-hydrogen) atoms. The molecule has 1 heterocycles. The highest BCUT2D eigenvalue weighted by molar-refractivity contribution is 14.0. The van der Waals surface area contributed by atoms with Gasteiger partial charge >= 0.3 is 0 Å². The van der Waals surface area contributed by atoms with Gasteiger partial charge in [0, 0.05) is 46.8 Å². The molecule has 1 aromatic carbocycles. The van der Waals surface area contributed by atoms with Gasteiger partial charge in [-0.3, -0.25) is 9.79 Å². The predicted molar refractivity (Wildman–Crippen MR) is 125 cm³/mol. The van der Waals surface area contributed by atoms with E-state index in [1.165, 1.54) is 5.56 Å². The fourth-order valence-electron chi connectivity index (χ4n) is 3.40. The fourth-order valence-corrected chi connectivity index (χ4v) is 3.40. The quantitative estimate of drug-likeness (QED) is 0.248. The Labute approximate surface area is 186 Å². The van der Waals surface area contributed by atoms with Crippen LogP contribution in [0.1, 0.15) is 44.3 Å². The van der Waals surface area contributed by atoms with Gasteiger partial charge in [0.15, 0.2) is 5.96 Å². The van der Waals surface area contributed by atoms with Crippen molar-refractivity contribution in [2.24, 2.45) is 10.9 Å². The number of amides is 1. The van der Waals surface area contributed by atoms with E-state index in [-0.39, 0.29) is 36.0 Å². The van der Waals surface area contributed by atoms with Gasteiger partial charge in [0.05, 0.1) is 6.10 Å². The second kappa shape index (κ2) is 13.8. The lowest BCUT2D eigenvalue weighted by Crippen LogP contribution is -2.46. The van der Waals surface area contributed by atoms with Crippen LogP contribution in [-0.4, -0.2) is 57.1 Å². The first-order chi connectivity index (χ1) is 13.1. The molecule has 0 saturated carbocycles. The highest BCUT2D eigenvalue weighted by Crippen LogP contribution is 2.20. The highest BCUT2D eigenvalue weighted by Gasteiger charge is 2.22. The molecule has 7 heteroatoms. The molecular formula is C21H35IN4O2. The third kappa shape index (κ3) is 8.34. The number of likely N-dealkylation sites (tertiary alicyclic amines) is 1. The van der Waals surface area contributed by atoms with E-state index in [2.05, 4.69) is 39.6 Å². The molecule has 0 bridgehead atoms. The third-order valence-electron chi connectivity index (χ3n) is 5.12. The van der Waals surface area contributed by atoms with Crippen LogP contribution in [0, 0.1) is 5.92 Å². The summed E-state index contributed by atoms with van der Waals surface area (Å²) in [6.07, 6.45) is 3.75. The molecule has 1 aromatic rings. The molecule has 0 aromatic heterocycles. The molecular weight excluding hydrogens is 467 g/mol. The molecule has 158 valence electrons. The second-order valence-corrected chi connectivity index (χ2v) is 7.06. The molecule has 1 fully saturated rings. The zero-order chi connectivity index (χ0) is 19.5. The summed E-state index contributed by atoms with van der Waals surface area (Å²) in [5.41, 5.74) is 1.21. The van der Waals surface area contributed by atoms with E-state index >= 15 is 0 Å². The van der Waals surface area contributed by atoms with Crippen molar-refractivity contribution in [3.05, 3.63) is 35.9 Å². The van der Waals surface area contributed by atoms with Gasteiger partial charge in [-0.05, 0) is 37.7 Å². The molecule has 2 rings (SSSR count). The number of guanidine groups is 1. The predicted octanol–water partition coefficient (Wildman–Crippen LogP) is 3.20. The smallest absolute Gasteiger partial charge is 0.220 e. The molecule has 2 N–H and O–H groups in total. The van der Waals surface area contributed by atoms with Crippen LogP contribution in [0.2, 0.25) is 0 Å². The molecule has 1 saturated heterocycles. The van der Waals surface area contributed by atoms with E-state index in [9.17, 15) is 4.79 Å². The van der Waals surface area contributed by atoms with Crippen LogP contribution in [0.4, 0.5) is 0 Å². The first kappa shape index (κ1) is 24.7. The van der Waals surface area contributed by atoms with Crippen LogP contribution >= 0.6 is 24.0 Å². The van der Waals surface area contributed by atoms with Gasteiger partial charge in [-0.15, -0.1) is 24.0 Å². The van der Waals surface area contributed by atoms with Crippen molar-refractivity contribution in [3.8, 4) is 0 Å². The van der Waals surface area contributed by atoms with E-state index in [0.29, 0.717) is 18.9 Å². The summed E-state index contributed by atoms with van der Waals surface area (Å²) in [5.74, 6) is 1.57. The summed E-state index contributed by atoms with van der Waals surface area (Å²) in [6.45, 7) is 5.54. The summed E-state index contributed by atoms with van der Waals surface area (Å²) in [7, 11) is 3.53. The molecule has 6 nitrogen and oxygen atoms in total. The Morgan fingerprint density at radius 2 is 1.96 bits per heavy atom. The number of nitrogens with one attached hydrogen (secondary N) is 2. The highest BCUT2D eigenvalue weighted by atomic mass is 127. The van der Waals surface area contributed by atoms with E-state index in [1.54, 1.807) is 7.05 Å². The van der Waals surface area contributed by atoms with E-state index in [4.69, 9.17) is 4.74 Å². The average molecular weight is 502 g/mol. The number of hydrogen-bond acceptors (Lipinski definition) is 3. The number of ether oxygens (including phenoxy) is 1. The topological polar surface area (TPSA) is 66.0 Å². The lowest BCUT2D eigenvalue weighted by atomic mass is 9.93. The van der Waals surface area contributed by atoms with Crippen molar-refractivity contribution in [1.82, 2.24) is 15.5 Å². The van der Waals surface area contributed by atoms with Crippen LogP contribution in [0.3, 0.4) is 0 Å². The number of hydrogen-bond donors (Lipinski definition) is 2. The van der Waals surface area contributed by atoms with E-state index in [0.717, 1.165) is 44.9 Å². The van der Waals surface area contributed by atoms with Gasteiger partial charge in [-0.2, -0.15) is 0 Å². The van der Waals surface area contributed by atoms with Crippen molar-refractivity contribution in [2.45, 2.75) is 38.7 Å². The number of carbonyl (C=O) groups is 1. The largest absolute Gasteiger partial charge is 0.374 e. The van der Waals surface area contributed by atoms with Crippen molar-refractivity contribution in [2.75, 3.05) is 40.3 Å². The van der Waals surface area contributed by atoms with Gasteiger partial charge in [-0.25, -0.2) is 0 Å². The number of nitrogens with zero attached hydrogens (tertiary/aromatic N) is 2. The maximum Gasteiger partial charge on any atom is 0.220 e. The Morgan fingerprint density at radius 3 is 2.57 bits per heavy atom. The molecule has 1 aliphatic rings. The number of halogens is 1. The van der Waals surface area contributed by atoms with Crippen LogP contribution in [0.5, 0.6) is 0 Å². The zero-order valence-corrected chi connectivity index (χ0v) is 19.6. The minimum Gasteiger partial charge on any atom is -0.374 e. The first-order valence-electron chi connectivity index (χ1n) is 9.96. The SMILES string of the molecule is CN=C(NCCCOC(C)c1ccccc1)N1CCC(CC(=O)NC)CC1.I. The normalized spacial score (nSPS) is 16.2. The number of piperidine rings is 1. The monoisotopic (exact) mass is 502 g/mol. The molecule has 1 unspecified atom stereocenters. The minimum absolute atomic E-state index is 0. The molecule has 0 spiro atoms. The maximum absolute atomic E-state index is 11.5. The van der Waals surface area contributed by atoms with Gasteiger partial charge in [-0.1, -0.05) is 30.3 Å². The Hall–Kier alpha value is -1.35. The number of carbonyl (C=O) groups excluding carboxylic acids is 1. The maximum atomic E-state index is 11.5. The lowest BCUT2D eigenvalue weighted by molar-refractivity contribution is -0.121. The second-order valence-electron chi connectivity index (χ2n) is 7.06. The van der Waals surface area contributed by atoms with Gasteiger partial charge in [0.2, 0.25) is 5.91 Å². The van der Waals surface area contributed by atoms with Gasteiger partial charge in [0.1, 0.15) is 0 Å². The zero-order valence-electron chi connectivity index (χ0n) is 17.3. The van der Waals surface area contributed by atoms with E-state index < -0.39 is 0 Å². The Morgan fingerprint density at radius 1 is 1.29 bits per heavy atom. The van der Waals surface area contributed by atoms with Crippen LogP contribution in [0.15, 0.2) is 35.3 Å². The summed E-state index contributed by atoms with van der Waals surface area (Å²) in [5, 5.41) is 6.15. The number of benzene rings is 1. The van der Waals surface area contributed by atoms with Crippen molar-refractivity contribution in [3.63, 3.8) is 0 Å². The van der Waals surface area contributed by atoms with Crippen LogP contribution < -0.4 is 10.6 Å². The molecule has 1 amide bonds. The van der Waals surface area contributed by atoms with Crippen molar-refractivity contribution in [1.29, 1.82) is 0 Å². The summed E-state index contributed by atoms with van der Waals surface area (Å²) < 4.78 is 5.92. The Kier molecular flexibility index (Phi) is 12.1. The molecule has 0 aliphatic carbocycles. The van der Waals surface area contributed by atoms with E-state index in [1.807, 2.05) is 25.2 Å². The number of rotatable bonds is 8. The van der Waals surface area contributed by atoms with Gasteiger partial charge < -0.3 is 20.3 Å². The molecule has 1 aliphatic heterocycles. The van der Waals surface area contributed by atoms with Gasteiger partial charge in [0.25, 0.3) is 0 Å². The fraction of sp³-hybridized carbons (Fsp3) is 0.619. The molecule has 0 radical (unpaired) electrons. The summed E-state index contributed by atoms with van der Waals surface area (Å²) in [6, 6.07) is 10.3. The third-order valence-corrected chi connectivity index (χ3v) is 5.12. The standard InChI is InChI=1S/C21H34N4O2.HI/c1-17(19-8-5-4-6-9-19)27-15-7-12-24-21(23-3)25-13-10-18(11-14-25)16-20(26)22-2;/h4-6,8-9,17-18H,7,10-16H2,1-3H3,(H,22,26)(H,23,24);1H. The van der Waals surface area contributed by atoms with Crippen LogP contribution in [0.25, 0.3) is 0 Å². The van der Waals surface area contributed by atoms with Crippen LogP contribution in [-0.2, 0) is 9.53 Å². The summed E-state index contributed by atoms with van der Waals surface area (Å²) >= 11 is 0. The average Bonchev–Trinajstić information content (AvgIpc) is 2.72. The Bertz CT molecular complexity index is 589. The first-order valence-corrected chi connectivity index (χ1v) is 9.96. The van der Waals surface area contributed by atoms with Crippen molar-refractivity contribution >= 4 is 35.8 Å². The Balaban J connectivity index is 0.00000392. The molecule has 1 atom stereocenters. The summed E-state index contributed by atoms with van der Waals surface area (Å²) in [4.78, 5) is 18.2.